The Labute approximate surface area is 119 Å². The number of esters is 1. The molecule has 3 heteroatoms. The molecule has 3 nitrogen and oxygen atoms in total. The summed E-state index contributed by atoms with van der Waals surface area (Å²) >= 11 is 0. The van der Waals surface area contributed by atoms with E-state index in [0.29, 0.717) is 13.0 Å². The van der Waals surface area contributed by atoms with Crippen molar-refractivity contribution in [2.45, 2.75) is 91.3 Å². The zero-order chi connectivity index (χ0) is 14.3. The van der Waals surface area contributed by atoms with Crippen LogP contribution in [0.5, 0.6) is 0 Å². The standard InChI is InChI=1S/C16H32O3/c1-4-6-7-8-9-10-11-12-13-14-16(17)19-15(3)18-5-2/h15H,4-14H2,1-3H3. The van der Waals surface area contributed by atoms with E-state index in [0.717, 1.165) is 12.8 Å². The molecule has 19 heavy (non-hydrogen) atoms. The van der Waals surface area contributed by atoms with Crippen molar-refractivity contribution >= 4 is 5.97 Å². The third-order valence-electron chi connectivity index (χ3n) is 3.18. The second kappa shape index (κ2) is 13.9. The van der Waals surface area contributed by atoms with Crippen molar-refractivity contribution in [3.8, 4) is 0 Å². The molecule has 1 unspecified atom stereocenters. The predicted molar refractivity (Wildman–Crippen MR) is 79.0 cm³/mol. The van der Waals surface area contributed by atoms with E-state index in [1.807, 2.05) is 6.92 Å². The lowest BCUT2D eigenvalue weighted by molar-refractivity contribution is -0.173. The molecule has 0 aromatic carbocycles. The molecule has 0 aliphatic rings. The van der Waals surface area contributed by atoms with E-state index in [-0.39, 0.29) is 5.97 Å². The Kier molecular flexibility index (Phi) is 13.4. The SMILES string of the molecule is CCCCCCCCCCCC(=O)OC(C)OCC. The van der Waals surface area contributed by atoms with Crippen LogP contribution in [0.3, 0.4) is 0 Å². The summed E-state index contributed by atoms with van der Waals surface area (Å²) in [5, 5.41) is 0. The molecule has 0 fully saturated rings. The van der Waals surface area contributed by atoms with Crippen LogP contribution in [0, 0.1) is 0 Å². The Morgan fingerprint density at radius 3 is 1.95 bits per heavy atom. The summed E-state index contributed by atoms with van der Waals surface area (Å²) in [6.07, 6.45) is 11.5. The third-order valence-corrected chi connectivity index (χ3v) is 3.18. The van der Waals surface area contributed by atoms with Crippen molar-refractivity contribution in [3.63, 3.8) is 0 Å². The quantitative estimate of drug-likeness (QED) is 0.273. The van der Waals surface area contributed by atoms with Gasteiger partial charge < -0.3 is 9.47 Å². The Balaban J connectivity index is 3.23. The Hall–Kier alpha value is -0.570. The van der Waals surface area contributed by atoms with Crippen LogP contribution in [-0.2, 0) is 14.3 Å². The minimum Gasteiger partial charge on any atom is -0.436 e. The van der Waals surface area contributed by atoms with Gasteiger partial charge in [-0.15, -0.1) is 0 Å². The molecule has 0 rings (SSSR count). The minimum absolute atomic E-state index is 0.135. The molecule has 0 aromatic heterocycles. The highest BCUT2D eigenvalue weighted by Gasteiger charge is 2.08. The summed E-state index contributed by atoms with van der Waals surface area (Å²) in [6.45, 7) is 6.47. The summed E-state index contributed by atoms with van der Waals surface area (Å²) in [5.74, 6) is -0.135. The molecule has 0 bridgehead atoms. The van der Waals surface area contributed by atoms with Gasteiger partial charge in [0, 0.05) is 13.0 Å². The summed E-state index contributed by atoms with van der Waals surface area (Å²) in [5.41, 5.74) is 0. The first-order valence-electron chi connectivity index (χ1n) is 8.01. The third kappa shape index (κ3) is 13.7. The van der Waals surface area contributed by atoms with Gasteiger partial charge in [-0.3, -0.25) is 4.79 Å². The van der Waals surface area contributed by atoms with E-state index in [9.17, 15) is 4.79 Å². The second-order valence-electron chi connectivity index (χ2n) is 5.09. The molecule has 0 aromatic rings. The number of hydrogen-bond donors (Lipinski definition) is 0. The van der Waals surface area contributed by atoms with Crippen LogP contribution < -0.4 is 0 Å². The predicted octanol–water partition coefficient (Wildman–Crippen LogP) is 4.83. The van der Waals surface area contributed by atoms with Gasteiger partial charge in [-0.1, -0.05) is 58.3 Å². The summed E-state index contributed by atoms with van der Waals surface area (Å²) in [4.78, 5) is 11.4. The van der Waals surface area contributed by atoms with Gasteiger partial charge in [0.25, 0.3) is 0 Å². The molecule has 114 valence electrons. The average Bonchev–Trinajstić information content (AvgIpc) is 2.37. The average molecular weight is 272 g/mol. The molecule has 0 spiro atoms. The smallest absolute Gasteiger partial charge is 0.308 e. The van der Waals surface area contributed by atoms with Gasteiger partial charge >= 0.3 is 5.97 Å². The first-order chi connectivity index (χ1) is 9.20. The monoisotopic (exact) mass is 272 g/mol. The fraction of sp³-hybridized carbons (Fsp3) is 0.938. The van der Waals surface area contributed by atoms with Gasteiger partial charge in [0.15, 0.2) is 6.29 Å². The van der Waals surface area contributed by atoms with E-state index < -0.39 is 6.29 Å². The highest BCUT2D eigenvalue weighted by atomic mass is 16.7. The van der Waals surface area contributed by atoms with Crippen molar-refractivity contribution in [1.29, 1.82) is 0 Å². The molecular weight excluding hydrogens is 240 g/mol. The first kappa shape index (κ1) is 18.4. The molecule has 0 N–H and O–H groups in total. The number of carbonyl (C=O) groups is 1. The van der Waals surface area contributed by atoms with Crippen molar-refractivity contribution in [3.05, 3.63) is 0 Å². The van der Waals surface area contributed by atoms with Crippen LogP contribution in [0.25, 0.3) is 0 Å². The van der Waals surface area contributed by atoms with E-state index in [4.69, 9.17) is 9.47 Å². The molecule has 0 saturated heterocycles. The molecule has 0 aliphatic heterocycles. The zero-order valence-corrected chi connectivity index (χ0v) is 13.1. The van der Waals surface area contributed by atoms with Crippen LogP contribution in [0.4, 0.5) is 0 Å². The highest BCUT2D eigenvalue weighted by molar-refractivity contribution is 5.69. The number of rotatable bonds is 13. The van der Waals surface area contributed by atoms with Crippen LogP contribution in [0.2, 0.25) is 0 Å². The molecular formula is C16H32O3. The molecule has 1 atom stereocenters. The van der Waals surface area contributed by atoms with Crippen LogP contribution >= 0.6 is 0 Å². The molecule has 0 heterocycles. The Morgan fingerprint density at radius 2 is 1.42 bits per heavy atom. The van der Waals surface area contributed by atoms with Gasteiger partial charge in [0.1, 0.15) is 0 Å². The second-order valence-corrected chi connectivity index (χ2v) is 5.09. The largest absolute Gasteiger partial charge is 0.436 e. The van der Waals surface area contributed by atoms with Gasteiger partial charge in [-0.2, -0.15) is 0 Å². The zero-order valence-electron chi connectivity index (χ0n) is 13.1. The van der Waals surface area contributed by atoms with Gasteiger partial charge in [-0.25, -0.2) is 0 Å². The Bertz CT molecular complexity index is 204. The molecule has 0 radical (unpaired) electrons. The van der Waals surface area contributed by atoms with Crippen molar-refractivity contribution in [2.75, 3.05) is 6.61 Å². The molecule has 0 aliphatic carbocycles. The fourth-order valence-electron chi connectivity index (χ4n) is 2.09. The van der Waals surface area contributed by atoms with Gasteiger partial charge in [0.05, 0.1) is 0 Å². The first-order valence-corrected chi connectivity index (χ1v) is 8.01. The van der Waals surface area contributed by atoms with Crippen molar-refractivity contribution < 1.29 is 14.3 Å². The number of unbranched alkanes of at least 4 members (excludes halogenated alkanes) is 8. The maximum atomic E-state index is 11.4. The summed E-state index contributed by atoms with van der Waals surface area (Å²) in [7, 11) is 0. The van der Waals surface area contributed by atoms with Crippen LogP contribution in [0.1, 0.15) is 85.0 Å². The van der Waals surface area contributed by atoms with E-state index in [1.54, 1.807) is 6.92 Å². The van der Waals surface area contributed by atoms with Crippen molar-refractivity contribution in [2.24, 2.45) is 0 Å². The lowest BCUT2D eigenvalue weighted by atomic mass is 10.1. The van der Waals surface area contributed by atoms with E-state index in [2.05, 4.69) is 6.92 Å². The van der Waals surface area contributed by atoms with E-state index >= 15 is 0 Å². The topological polar surface area (TPSA) is 35.5 Å². The number of carbonyl (C=O) groups excluding carboxylic acids is 1. The number of hydrogen-bond acceptors (Lipinski definition) is 3. The maximum absolute atomic E-state index is 11.4. The van der Waals surface area contributed by atoms with Gasteiger partial charge in [0.2, 0.25) is 0 Å². The lowest BCUT2D eigenvalue weighted by Gasteiger charge is -2.12. The van der Waals surface area contributed by atoms with Crippen molar-refractivity contribution in [1.82, 2.24) is 0 Å². The molecule has 0 saturated carbocycles. The number of ether oxygens (including phenoxy) is 2. The van der Waals surface area contributed by atoms with Gasteiger partial charge in [-0.05, 0) is 20.3 Å². The minimum atomic E-state index is -0.406. The fourth-order valence-corrected chi connectivity index (χ4v) is 2.09. The lowest BCUT2D eigenvalue weighted by Crippen LogP contribution is -2.17. The van der Waals surface area contributed by atoms with Crippen LogP contribution in [0.15, 0.2) is 0 Å². The summed E-state index contributed by atoms with van der Waals surface area (Å²) in [6, 6.07) is 0. The normalized spacial score (nSPS) is 12.4. The van der Waals surface area contributed by atoms with E-state index in [1.165, 1.54) is 44.9 Å². The van der Waals surface area contributed by atoms with Crippen LogP contribution in [-0.4, -0.2) is 18.9 Å². The Morgan fingerprint density at radius 1 is 0.895 bits per heavy atom. The summed E-state index contributed by atoms with van der Waals surface area (Å²) < 4.78 is 10.3. The maximum Gasteiger partial charge on any atom is 0.308 e. The highest BCUT2D eigenvalue weighted by Crippen LogP contribution is 2.11. The molecule has 0 amide bonds.